The second-order valence-corrected chi connectivity index (χ2v) is 6.78. The van der Waals surface area contributed by atoms with Crippen LogP contribution in [0.5, 0.6) is 0 Å². The Morgan fingerprint density at radius 1 is 1.16 bits per heavy atom. The standard InChI is InChI=1S/C17H32N2/c1-5-6-10-16(13-14-18-17(2,3)4)19-15-11-8-7-9-12-15/h14-15H,5-13H2,1-4H3. The minimum absolute atomic E-state index is 0.0424. The third kappa shape index (κ3) is 8.18. The van der Waals surface area contributed by atoms with Crippen molar-refractivity contribution in [3.8, 4) is 0 Å². The molecule has 0 spiro atoms. The first-order valence-corrected chi connectivity index (χ1v) is 8.10. The van der Waals surface area contributed by atoms with Gasteiger partial charge in [-0.2, -0.15) is 0 Å². The molecule has 2 heteroatoms. The van der Waals surface area contributed by atoms with Crippen LogP contribution in [0, 0.1) is 0 Å². The molecule has 0 heterocycles. The molecule has 0 aliphatic heterocycles. The van der Waals surface area contributed by atoms with Gasteiger partial charge in [0.2, 0.25) is 0 Å². The van der Waals surface area contributed by atoms with E-state index in [-0.39, 0.29) is 5.54 Å². The van der Waals surface area contributed by atoms with Gasteiger partial charge < -0.3 is 0 Å². The number of hydrogen-bond donors (Lipinski definition) is 0. The summed E-state index contributed by atoms with van der Waals surface area (Å²) < 4.78 is 0. The highest BCUT2D eigenvalue weighted by atomic mass is 14.8. The lowest BCUT2D eigenvalue weighted by molar-refractivity contribution is 0.442. The summed E-state index contributed by atoms with van der Waals surface area (Å²) in [7, 11) is 0. The predicted octanol–water partition coefficient (Wildman–Crippen LogP) is 5.21. The Balaban J connectivity index is 2.54. The average Bonchev–Trinajstić information content (AvgIpc) is 2.35. The van der Waals surface area contributed by atoms with Crippen LogP contribution in [0.2, 0.25) is 0 Å². The Kier molecular flexibility index (Phi) is 7.33. The van der Waals surface area contributed by atoms with E-state index in [2.05, 4.69) is 38.9 Å². The van der Waals surface area contributed by atoms with Crippen molar-refractivity contribution in [1.82, 2.24) is 0 Å². The highest BCUT2D eigenvalue weighted by molar-refractivity contribution is 5.95. The van der Waals surface area contributed by atoms with E-state index in [0.29, 0.717) is 6.04 Å². The molecule has 1 rings (SSSR count). The Labute approximate surface area is 119 Å². The molecule has 0 bridgehead atoms. The fourth-order valence-electron chi connectivity index (χ4n) is 2.49. The normalized spacial score (nSPS) is 19.3. The van der Waals surface area contributed by atoms with E-state index in [0.717, 1.165) is 12.8 Å². The topological polar surface area (TPSA) is 24.7 Å². The van der Waals surface area contributed by atoms with E-state index < -0.39 is 0 Å². The molecule has 0 amide bonds. The van der Waals surface area contributed by atoms with E-state index in [4.69, 9.17) is 4.99 Å². The van der Waals surface area contributed by atoms with Gasteiger partial charge in [0.15, 0.2) is 0 Å². The lowest BCUT2D eigenvalue weighted by Gasteiger charge is -2.19. The molecule has 1 fully saturated rings. The smallest absolute Gasteiger partial charge is 0.0520 e. The van der Waals surface area contributed by atoms with Crippen LogP contribution in [-0.4, -0.2) is 23.5 Å². The zero-order chi connectivity index (χ0) is 14.1. The van der Waals surface area contributed by atoms with Crippen molar-refractivity contribution in [3.05, 3.63) is 0 Å². The van der Waals surface area contributed by atoms with Gasteiger partial charge in [0.05, 0.1) is 5.54 Å². The third-order valence-electron chi connectivity index (χ3n) is 3.56. The molecule has 0 aromatic rings. The van der Waals surface area contributed by atoms with Crippen LogP contribution < -0.4 is 0 Å². The molecule has 1 saturated carbocycles. The monoisotopic (exact) mass is 264 g/mol. The molecule has 1 aliphatic rings. The van der Waals surface area contributed by atoms with Crippen LogP contribution in [-0.2, 0) is 0 Å². The van der Waals surface area contributed by atoms with Crippen molar-refractivity contribution < 1.29 is 0 Å². The van der Waals surface area contributed by atoms with Crippen LogP contribution in [0.1, 0.15) is 85.5 Å². The van der Waals surface area contributed by atoms with Crippen molar-refractivity contribution in [2.45, 2.75) is 97.1 Å². The summed E-state index contributed by atoms with van der Waals surface area (Å²) >= 11 is 0. The molecule has 0 aromatic heterocycles. The van der Waals surface area contributed by atoms with Crippen LogP contribution in [0.25, 0.3) is 0 Å². The van der Waals surface area contributed by atoms with E-state index in [1.165, 1.54) is 50.7 Å². The van der Waals surface area contributed by atoms with E-state index in [1.54, 1.807) is 0 Å². The fraction of sp³-hybridized carbons (Fsp3) is 0.882. The van der Waals surface area contributed by atoms with Crippen LogP contribution in [0.4, 0.5) is 0 Å². The molecule has 0 N–H and O–H groups in total. The molecule has 110 valence electrons. The highest BCUT2D eigenvalue weighted by Crippen LogP contribution is 2.21. The van der Waals surface area contributed by atoms with E-state index in [1.807, 2.05) is 0 Å². The van der Waals surface area contributed by atoms with Gasteiger partial charge in [-0.15, -0.1) is 0 Å². The maximum absolute atomic E-state index is 5.02. The summed E-state index contributed by atoms with van der Waals surface area (Å²) in [4.78, 5) is 9.61. The predicted molar refractivity (Wildman–Crippen MR) is 86.7 cm³/mol. The first kappa shape index (κ1) is 16.4. The van der Waals surface area contributed by atoms with Crippen molar-refractivity contribution in [1.29, 1.82) is 0 Å². The Bertz CT molecular complexity index is 291. The van der Waals surface area contributed by atoms with E-state index >= 15 is 0 Å². The third-order valence-corrected chi connectivity index (χ3v) is 3.56. The van der Waals surface area contributed by atoms with Gasteiger partial charge in [0.25, 0.3) is 0 Å². The Hall–Kier alpha value is -0.660. The van der Waals surface area contributed by atoms with Gasteiger partial charge in [-0.3, -0.25) is 9.98 Å². The first-order valence-electron chi connectivity index (χ1n) is 8.10. The zero-order valence-electron chi connectivity index (χ0n) is 13.4. The Morgan fingerprint density at radius 2 is 1.84 bits per heavy atom. The summed E-state index contributed by atoms with van der Waals surface area (Å²) in [6.07, 6.45) is 13.4. The second kappa shape index (κ2) is 8.50. The van der Waals surface area contributed by atoms with Gasteiger partial charge in [0.1, 0.15) is 0 Å². The van der Waals surface area contributed by atoms with Crippen molar-refractivity contribution in [2.24, 2.45) is 9.98 Å². The van der Waals surface area contributed by atoms with Gasteiger partial charge >= 0.3 is 0 Å². The molecule has 19 heavy (non-hydrogen) atoms. The number of aliphatic imine (C=N–C) groups is 2. The number of unbranched alkanes of at least 4 members (excludes halogenated alkanes) is 1. The molecule has 1 aliphatic carbocycles. The highest BCUT2D eigenvalue weighted by Gasteiger charge is 2.13. The molecule has 2 nitrogen and oxygen atoms in total. The number of hydrogen-bond acceptors (Lipinski definition) is 2. The Morgan fingerprint density at radius 3 is 2.42 bits per heavy atom. The molecule has 0 saturated heterocycles. The summed E-state index contributed by atoms with van der Waals surface area (Å²) in [5, 5.41) is 0. The minimum atomic E-state index is 0.0424. The SMILES string of the molecule is CCCCC(CC=NC(C)(C)C)=NC1CCCCC1. The molecule has 0 atom stereocenters. The van der Waals surface area contributed by atoms with Crippen LogP contribution >= 0.6 is 0 Å². The summed E-state index contributed by atoms with van der Waals surface area (Å²) in [6.45, 7) is 8.69. The summed E-state index contributed by atoms with van der Waals surface area (Å²) in [6, 6.07) is 0.601. The fourth-order valence-corrected chi connectivity index (χ4v) is 2.49. The van der Waals surface area contributed by atoms with Crippen molar-refractivity contribution in [2.75, 3.05) is 0 Å². The molecule has 0 aromatic carbocycles. The summed E-state index contributed by atoms with van der Waals surface area (Å²) in [5.74, 6) is 0. The largest absolute Gasteiger partial charge is 0.291 e. The van der Waals surface area contributed by atoms with Crippen molar-refractivity contribution in [3.63, 3.8) is 0 Å². The second-order valence-electron chi connectivity index (χ2n) is 6.78. The molecular weight excluding hydrogens is 232 g/mol. The van der Waals surface area contributed by atoms with E-state index in [9.17, 15) is 0 Å². The van der Waals surface area contributed by atoms with Gasteiger partial charge in [-0.1, -0.05) is 32.6 Å². The summed E-state index contributed by atoms with van der Waals surface area (Å²) in [5.41, 5.74) is 1.42. The van der Waals surface area contributed by atoms with Gasteiger partial charge in [-0.05, 0) is 46.5 Å². The maximum atomic E-state index is 5.02. The minimum Gasteiger partial charge on any atom is -0.291 e. The lowest BCUT2D eigenvalue weighted by atomic mass is 9.95. The quantitative estimate of drug-likeness (QED) is 0.588. The molecule has 0 unspecified atom stereocenters. The molecular formula is C17H32N2. The zero-order valence-corrected chi connectivity index (χ0v) is 13.4. The van der Waals surface area contributed by atoms with Gasteiger partial charge in [-0.25, -0.2) is 0 Å². The maximum Gasteiger partial charge on any atom is 0.0520 e. The lowest BCUT2D eigenvalue weighted by Crippen LogP contribution is -2.14. The van der Waals surface area contributed by atoms with Crippen LogP contribution in [0.15, 0.2) is 9.98 Å². The van der Waals surface area contributed by atoms with Gasteiger partial charge in [0, 0.05) is 24.4 Å². The van der Waals surface area contributed by atoms with Crippen LogP contribution in [0.3, 0.4) is 0 Å². The number of nitrogens with zero attached hydrogens (tertiary/aromatic N) is 2. The van der Waals surface area contributed by atoms with Crippen molar-refractivity contribution >= 4 is 11.9 Å². The average molecular weight is 264 g/mol. The number of rotatable bonds is 6. The molecule has 0 radical (unpaired) electrons. The first-order chi connectivity index (χ1) is 9.01.